The first-order valence-electron chi connectivity index (χ1n) is 7.73. The summed E-state index contributed by atoms with van der Waals surface area (Å²) < 4.78 is -0.527. The molecule has 6 rings (SSSR count). The molecule has 12 unspecified atom stereocenters. The van der Waals surface area contributed by atoms with Crippen molar-refractivity contribution in [1.29, 1.82) is 0 Å². The highest BCUT2D eigenvalue weighted by Gasteiger charge is 3.01. The molecule has 0 aromatic carbocycles. The van der Waals surface area contributed by atoms with Crippen LogP contribution in [-0.4, -0.2) is 42.4 Å². The Bertz CT molecular complexity index is 594. The molecular formula is C14H17B2NOS2. The Morgan fingerprint density at radius 2 is 1.75 bits per heavy atom. The molecule has 0 spiro atoms. The molecule has 0 bridgehead atoms. The second kappa shape index (κ2) is 2.70. The number of fused-ring (bicyclic) bond motifs is 13. The number of aliphatic hydroxyl groups is 1. The Labute approximate surface area is 132 Å². The van der Waals surface area contributed by atoms with E-state index in [2.05, 4.69) is 12.6 Å². The largest absolute Gasteiger partial charge is 0.388 e. The van der Waals surface area contributed by atoms with Crippen molar-refractivity contribution < 1.29 is 5.11 Å². The van der Waals surface area contributed by atoms with E-state index in [4.69, 9.17) is 34.1 Å². The van der Waals surface area contributed by atoms with Gasteiger partial charge in [0.2, 0.25) is 0 Å². The van der Waals surface area contributed by atoms with Gasteiger partial charge in [-0.15, -0.1) is 0 Å². The van der Waals surface area contributed by atoms with Crippen molar-refractivity contribution in [3.05, 3.63) is 0 Å². The Kier molecular flexibility index (Phi) is 1.65. The summed E-state index contributed by atoms with van der Waals surface area (Å²) in [5.41, 5.74) is 5.24. The number of hydrogen-bond donors (Lipinski definition) is 4. The van der Waals surface area contributed by atoms with Gasteiger partial charge in [0.25, 0.3) is 0 Å². The van der Waals surface area contributed by atoms with Crippen molar-refractivity contribution in [2.24, 2.45) is 41.2 Å². The summed E-state index contributed by atoms with van der Waals surface area (Å²) in [5.74, 6) is 2.75. The van der Waals surface area contributed by atoms with Gasteiger partial charge < -0.3 is 10.8 Å². The molecule has 6 heteroatoms. The predicted molar refractivity (Wildman–Crippen MR) is 84.5 cm³/mol. The van der Waals surface area contributed by atoms with Gasteiger partial charge in [0.15, 0.2) is 0 Å². The Hall–Kier alpha value is 0.750. The van der Waals surface area contributed by atoms with E-state index in [1.165, 1.54) is 0 Å². The van der Waals surface area contributed by atoms with E-state index < -0.39 is 21.0 Å². The summed E-state index contributed by atoms with van der Waals surface area (Å²) in [5, 5.41) is 10.5. The van der Waals surface area contributed by atoms with Crippen molar-refractivity contribution in [2.45, 2.75) is 45.1 Å². The molecule has 4 radical (unpaired) electrons. The van der Waals surface area contributed by atoms with E-state index in [1.807, 2.05) is 0 Å². The van der Waals surface area contributed by atoms with Crippen molar-refractivity contribution in [2.75, 3.05) is 0 Å². The highest BCUT2D eigenvalue weighted by Crippen LogP contribution is 3.01. The monoisotopic (exact) mass is 301 g/mol. The van der Waals surface area contributed by atoms with E-state index >= 15 is 0 Å². The van der Waals surface area contributed by atoms with Gasteiger partial charge in [0, 0.05) is 16.0 Å². The van der Waals surface area contributed by atoms with Crippen LogP contribution in [0, 0.1) is 35.5 Å². The van der Waals surface area contributed by atoms with Crippen LogP contribution in [0.5, 0.6) is 0 Å². The third kappa shape index (κ3) is 0.644. The second-order valence-corrected chi connectivity index (χ2v) is 9.75. The maximum atomic E-state index is 11.4. The number of rotatable bonds is 0. The lowest BCUT2D eigenvalue weighted by Gasteiger charge is -3.01. The average Bonchev–Trinajstić information content (AvgIpc) is 2.40. The highest BCUT2D eigenvalue weighted by atomic mass is 32.1. The summed E-state index contributed by atoms with van der Waals surface area (Å²) in [6.45, 7) is 0. The molecule has 6 aliphatic rings. The molecule has 6 saturated carbocycles. The smallest absolute Gasteiger partial charge is 0.0816 e. The molecule has 0 aliphatic heterocycles. The average molecular weight is 301 g/mol. The van der Waals surface area contributed by atoms with Crippen LogP contribution in [0.1, 0.15) is 12.8 Å². The Morgan fingerprint density at radius 1 is 1.05 bits per heavy atom. The SMILES string of the molecule is [B]C12C(S)CC1C1C3C4C5CC(N)C5C4([B])C3(S)C12O. The molecule has 0 amide bonds. The standard InChI is InChI=1S/C14H17B2NOS2/c15-11-4(2-6(11)19)9-10-8-3-1-5(17)7(3)12(8,16)14(10,20)13(9,11)18/h3-10,18-20H,1-2,17H2. The summed E-state index contributed by atoms with van der Waals surface area (Å²) >= 11 is 9.54. The number of hydrogen-bond acceptors (Lipinski definition) is 4. The first-order chi connectivity index (χ1) is 9.27. The van der Waals surface area contributed by atoms with E-state index in [-0.39, 0.29) is 11.3 Å². The lowest BCUT2D eigenvalue weighted by atomic mass is 9.03. The van der Waals surface area contributed by atoms with Crippen molar-refractivity contribution >= 4 is 41.0 Å². The molecule has 0 aromatic rings. The minimum absolute atomic E-state index is 0.0762. The first-order valence-corrected chi connectivity index (χ1v) is 8.69. The van der Waals surface area contributed by atoms with Crippen LogP contribution in [0.15, 0.2) is 0 Å². The van der Waals surface area contributed by atoms with Gasteiger partial charge in [-0.25, -0.2) is 0 Å². The molecule has 12 atom stereocenters. The summed E-state index contributed by atoms with van der Waals surface area (Å²) in [7, 11) is 13.3. The maximum absolute atomic E-state index is 11.4. The second-order valence-electron chi connectivity index (χ2n) is 8.42. The molecule has 20 heavy (non-hydrogen) atoms. The van der Waals surface area contributed by atoms with Crippen LogP contribution in [-0.2, 0) is 0 Å². The van der Waals surface area contributed by atoms with E-state index in [0.29, 0.717) is 35.5 Å². The molecule has 0 heterocycles. The van der Waals surface area contributed by atoms with Crippen molar-refractivity contribution in [1.82, 2.24) is 0 Å². The third-order valence-corrected chi connectivity index (χ3v) is 10.4. The third-order valence-electron chi connectivity index (χ3n) is 8.75. The fourth-order valence-corrected chi connectivity index (χ4v) is 9.61. The van der Waals surface area contributed by atoms with Crippen LogP contribution in [0.4, 0.5) is 0 Å². The number of thiol groups is 2. The maximum Gasteiger partial charge on any atom is 0.0816 e. The van der Waals surface area contributed by atoms with Gasteiger partial charge in [0.05, 0.1) is 21.3 Å². The Morgan fingerprint density at radius 3 is 2.35 bits per heavy atom. The van der Waals surface area contributed by atoms with E-state index in [0.717, 1.165) is 12.8 Å². The van der Waals surface area contributed by atoms with Crippen LogP contribution >= 0.6 is 25.3 Å². The Balaban J connectivity index is 1.48. The van der Waals surface area contributed by atoms with Gasteiger partial charge in [-0.3, -0.25) is 0 Å². The van der Waals surface area contributed by atoms with Gasteiger partial charge in [-0.1, -0.05) is 0 Å². The first kappa shape index (κ1) is 12.2. The van der Waals surface area contributed by atoms with E-state index in [9.17, 15) is 5.11 Å². The van der Waals surface area contributed by atoms with Crippen LogP contribution in [0.2, 0.25) is 10.6 Å². The molecule has 2 nitrogen and oxygen atoms in total. The zero-order valence-corrected chi connectivity index (χ0v) is 12.9. The minimum atomic E-state index is -0.922. The molecular weight excluding hydrogens is 284 g/mol. The van der Waals surface area contributed by atoms with Gasteiger partial charge in [0.1, 0.15) is 0 Å². The van der Waals surface area contributed by atoms with Gasteiger partial charge in [-0.2, -0.15) is 25.3 Å². The normalized spacial score (nSPS) is 84.8. The lowest BCUT2D eigenvalue weighted by molar-refractivity contribution is -0.437. The molecule has 3 N–H and O–H groups in total. The van der Waals surface area contributed by atoms with Gasteiger partial charge in [-0.05, 0) is 59.0 Å². The molecule has 6 aliphatic carbocycles. The summed E-state index contributed by atoms with van der Waals surface area (Å²) in [6.07, 6.45) is 2.14. The van der Waals surface area contributed by atoms with Crippen LogP contribution in [0.3, 0.4) is 0 Å². The minimum Gasteiger partial charge on any atom is -0.388 e. The molecule has 0 saturated heterocycles. The highest BCUT2D eigenvalue weighted by molar-refractivity contribution is 7.82. The zero-order valence-electron chi connectivity index (χ0n) is 11.1. The zero-order chi connectivity index (χ0) is 14.0. The fraction of sp³-hybridized carbons (Fsp3) is 1.00. The summed E-state index contributed by atoms with van der Waals surface area (Å²) in [4.78, 5) is 0. The molecule has 102 valence electrons. The van der Waals surface area contributed by atoms with Gasteiger partial charge >= 0.3 is 0 Å². The quantitative estimate of drug-likeness (QED) is 0.294. The lowest BCUT2D eigenvalue weighted by Crippen LogP contribution is -3.04. The van der Waals surface area contributed by atoms with Crippen molar-refractivity contribution in [3.63, 3.8) is 0 Å². The summed E-state index contributed by atoms with van der Waals surface area (Å²) in [6, 6.07) is 0.187. The predicted octanol–water partition coefficient (Wildman–Crippen LogP) is 0.225. The fourth-order valence-electron chi connectivity index (χ4n) is 8.04. The number of nitrogens with two attached hydrogens (primary N) is 1. The molecule has 0 aromatic heterocycles. The van der Waals surface area contributed by atoms with Crippen molar-refractivity contribution in [3.8, 4) is 0 Å². The van der Waals surface area contributed by atoms with E-state index in [1.54, 1.807) is 0 Å². The molecule has 6 fully saturated rings. The topological polar surface area (TPSA) is 46.2 Å². The van der Waals surface area contributed by atoms with Crippen LogP contribution < -0.4 is 5.73 Å². The van der Waals surface area contributed by atoms with Crippen LogP contribution in [0.25, 0.3) is 0 Å².